The van der Waals surface area contributed by atoms with Crippen molar-refractivity contribution in [1.82, 2.24) is 0 Å². The average Bonchev–Trinajstić information content (AvgIpc) is 2.32. The molecule has 0 saturated heterocycles. The van der Waals surface area contributed by atoms with Crippen molar-refractivity contribution in [2.45, 2.75) is 33.6 Å². The highest BCUT2D eigenvalue weighted by molar-refractivity contribution is 5.75. The van der Waals surface area contributed by atoms with Crippen LogP contribution >= 0.6 is 0 Å². The zero-order chi connectivity index (χ0) is 13.5. The fourth-order valence-electron chi connectivity index (χ4n) is 1.91. The summed E-state index contributed by atoms with van der Waals surface area (Å²) in [6.07, 6.45) is 2.67. The molecule has 18 heavy (non-hydrogen) atoms. The van der Waals surface area contributed by atoms with E-state index in [1.807, 2.05) is 39.0 Å². The monoisotopic (exact) mass is 248 g/mol. The first-order chi connectivity index (χ1) is 8.58. The first kappa shape index (κ1) is 14.3. The van der Waals surface area contributed by atoms with Crippen molar-refractivity contribution in [2.24, 2.45) is 0 Å². The maximum absolute atomic E-state index is 10.6. The summed E-state index contributed by atoms with van der Waals surface area (Å²) in [6, 6.07) is 5.91. The van der Waals surface area contributed by atoms with Gasteiger partial charge in [-0.05, 0) is 49.1 Å². The van der Waals surface area contributed by atoms with Crippen LogP contribution in [-0.4, -0.2) is 17.7 Å². The number of aryl methyl sites for hydroxylation is 1. The van der Waals surface area contributed by atoms with Gasteiger partial charge in [-0.1, -0.05) is 19.1 Å². The normalized spacial score (nSPS) is 11.4. The first-order valence-corrected chi connectivity index (χ1v) is 6.23. The maximum atomic E-state index is 10.6. The lowest BCUT2D eigenvalue weighted by Gasteiger charge is -2.11. The number of carboxylic acid groups (broad SMARTS) is 1. The Morgan fingerprint density at radius 3 is 2.61 bits per heavy atom. The van der Waals surface area contributed by atoms with Gasteiger partial charge in [-0.3, -0.25) is 4.79 Å². The van der Waals surface area contributed by atoms with Crippen molar-refractivity contribution in [2.75, 3.05) is 6.61 Å². The average molecular weight is 248 g/mol. The van der Waals surface area contributed by atoms with E-state index in [1.54, 1.807) is 6.08 Å². The molecule has 0 radical (unpaired) electrons. The van der Waals surface area contributed by atoms with Gasteiger partial charge in [0.05, 0.1) is 13.0 Å². The van der Waals surface area contributed by atoms with Crippen molar-refractivity contribution in [1.29, 1.82) is 0 Å². The molecule has 3 heteroatoms. The molecule has 0 saturated carbocycles. The molecule has 1 aromatic carbocycles. The summed E-state index contributed by atoms with van der Waals surface area (Å²) < 4.78 is 5.44. The van der Waals surface area contributed by atoms with Gasteiger partial charge in [0.1, 0.15) is 5.75 Å². The van der Waals surface area contributed by atoms with E-state index in [4.69, 9.17) is 9.84 Å². The summed E-state index contributed by atoms with van der Waals surface area (Å²) >= 11 is 0. The van der Waals surface area contributed by atoms with E-state index >= 15 is 0 Å². The molecule has 3 nitrogen and oxygen atoms in total. The lowest BCUT2D eigenvalue weighted by atomic mass is 9.97. The molecular weight excluding hydrogens is 228 g/mol. The molecule has 0 bridgehead atoms. The zero-order valence-electron chi connectivity index (χ0n) is 11.2. The topological polar surface area (TPSA) is 46.5 Å². The third-order valence-corrected chi connectivity index (χ3v) is 2.76. The predicted octanol–water partition coefficient (Wildman–Crippen LogP) is 3.66. The molecule has 1 N–H and O–H groups in total. The van der Waals surface area contributed by atoms with Crippen LogP contribution in [0.4, 0.5) is 0 Å². The van der Waals surface area contributed by atoms with Gasteiger partial charge >= 0.3 is 5.97 Å². The smallest absolute Gasteiger partial charge is 0.307 e. The van der Waals surface area contributed by atoms with Gasteiger partial charge in [-0.25, -0.2) is 0 Å². The molecule has 1 aromatic rings. The molecule has 0 atom stereocenters. The lowest BCUT2D eigenvalue weighted by Crippen LogP contribution is -1.96. The number of carbonyl (C=O) groups is 1. The van der Waals surface area contributed by atoms with Crippen molar-refractivity contribution < 1.29 is 14.6 Å². The van der Waals surface area contributed by atoms with Crippen LogP contribution in [0.25, 0.3) is 5.57 Å². The number of benzene rings is 1. The Hall–Kier alpha value is -1.77. The molecule has 0 aliphatic heterocycles. The van der Waals surface area contributed by atoms with Gasteiger partial charge in [0, 0.05) is 0 Å². The number of aliphatic carboxylic acids is 1. The third kappa shape index (κ3) is 3.91. The van der Waals surface area contributed by atoms with Crippen LogP contribution in [0.3, 0.4) is 0 Å². The van der Waals surface area contributed by atoms with E-state index in [9.17, 15) is 4.79 Å². The predicted molar refractivity (Wildman–Crippen MR) is 72.9 cm³/mol. The van der Waals surface area contributed by atoms with Crippen LogP contribution in [0.2, 0.25) is 0 Å². The summed E-state index contributed by atoms with van der Waals surface area (Å²) in [6.45, 7) is 6.65. The molecule has 0 aliphatic rings. The molecular formula is C15H20O3. The molecule has 1 rings (SSSR count). The number of carboxylic acids is 1. The highest BCUT2D eigenvalue weighted by Gasteiger charge is 2.06. The van der Waals surface area contributed by atoms with E-state index in [-0.39, 0.29) is 6.42 Å². The van der Waals surface area contributed by atoms with Crippen molar-refractivity contribution >= 4 is 11.5 Å². The zero-order valence-corrected chi connectivity index (χ0v) is 11.2. The van der Waals surface area contributed by atoms with Gasteiger partial charge in [0.2, 0.25) is 0 Å². The third-order valence-electron chi connectivity index (χ3n) is 2.76. The Labute approximate surface area is 108 Å². The summed E-state index contributed by atoms with van der Waals surface area (Å²) in [4.78, 5) is 10.6. The molecule has 0 aliphatic carbocycles. The molecule has 0 heterocycles. The molecule has 0 fully saturated rings. The minimum atomic E-state index is -0.801. The van der Waals surface area contributed by atoms with Crippen molar-refractivity contribution in [3.63, 3.8) is 0 Å². The second kappa shape index (κ2) is 6.84. The number of ether oxygens (including phenoxy) is 1. The molecule has 0 aromatic heterocycles. The van der Waals surface area contributed by atoms with Gasteiger partial charge in [-0.15, -0.1) is 0 Å². The van der Waals surface area contributed by atoms with E-state index in [2.05, 4.69) is 0 Å². The van der Waals surface area contributed by atoms with Gasteiger partial charge in [-0.2, -0.15) is 0 Å². The minimum absolute atomic E-state index is 0.0653. The van der Waals surface area contributed by atoms with Crippen LogP contribution in [0, 0.1) is 6.92 Å². The second-order valence-electron chi connectivity index (χ2n) is 4.09. The Morgan fingerprint density at radius 2 is 2.11 bits per heavy atom. The maximum Gasteiger partial charge on any atom is 0.307 e. The number of hydrogen-bond donors (Lipinski definition) is 1. The highest BCUT2D eigenvalue weighted by Crippen LogP contribution is 2.26. The van der Waals surface area contributed by atoms with Crippen LogP contribution in [0.5, 0.6) is 5.75 Å². The Balaban J connectivity index is 2.99. The van der Waals surface area contributed by atoms with E-state index in [0.29, 0.717) is 6.61 Å². The minimum Gasteiger partial charge on any atom is -0.494 e. The summed E-state index contributed by atoms with van der Waals surface area (Å²) in [7, 11) is 0. The van der Waals surface area contributed by atoms with E-state index in [0.717, 1.165) is 28.9 Å². The lowest BCUT2D eigenvalue weighted by molar-refractivity contribution is -0.135. The second-order valence-corrected chi connectivity index (χ2v) is 4.09. The largest absolute Gasteiger partial charge is 0.494 e. The van der Waals surface area contributed by atoms with Crippen LogP contribution in [0.1, 0.15) is 37.8 Å². The summed E-state index contributed by atoms with van der Waals surface area (Å²) in [5.41, 5.74) is 3.28. The van der Waals surface area contributed by atoms with Gasteiger partial charge in [0.15, 0.2) is 0 Å². The summed E-state index contributed by atoms with van der Waals surface area (Å²) in [5.74, 6) is 0.0528. The van der Waals surface area contributed by atoms with Gasteiger partial charge in [0.25, 0.3) is 0 Å². The first-order valence-electron chi connectivity index (χ1n) is 6.23. The SMILES string of the molecule is CCOc1ccc(/C(=C/CC(=O)O)CC)c(C)c1. The quantitative estimate of drug-likeness (QED) is 0.835. The number of allylic oxidation sites excluding steroid dienone is 1. The Kier molecular flexibility index (Phi) is 5.43. The van der Waals surface area contributed by atoms with E-state index < -0.39 is 5.97 Å². The standard InChI is InChI=1S/C15H20O3/c1-4-12(6-9-15(16)17)14-8-7-13(18-5-2)10-11(14)3/h6-8,10H,4-5,9H2,1-3H3,(H,16,17)/b12-6+. The molecule has 0 spiro atoms. The van der Waals surface area contributed by atoms with Crippen LogP contribution in [-0.2, 0) is 4.79 Å². The Bertz CT molecular complexity index is 447. The molecule has 98 valence electrons. The summed E-state index contributed by atoms with van der Waals surface area (Å²) in [5, 5.41) is 8.72. The fraction of sp³-hybridized carbons (Fsp3) is 0.400. The number of rotatable bonds is 6. The van der Waals surface area contributed by atoms with Crippen molar-refractivity contribution in [3.05, 3.63) is 35.4 Å². The fourth-order valence-corrected chi connectivity index (χ4v) is 1.91. The molecule has 0 amide bonds. The van der Waals surface area contributed by atoms with Crippen LogP contribution in [0.15, 0.2) is 24.3 Å². The highest BCUT2D eigenvalue weighted by atomic mass is 16.5. The van der Waals surface area contributed by atoms with Crippen molar-refractivity contribution in [3.8, 4) is 5.75 Å². The van der Waals surface area contributed by atoms with E-state index in [1.165, 1.54) is 0 Å². The Morgan fingerprint density at radius 1 is 1.39 bits per heavy atom. The van der Waals surface area contributed by atoms with Gasteiger partial charge < -0.3 is 9.84 Å². The van der Waals surface area contributed by atoms with Crippen LogP contribution < -0.4 is 4.74 Å². The number of hydrogen-bond acceptors (Lipinski definition) is 2. The molecule has 0 unspecified atom stereocenters.